The van der Waals surface area contributed by atoms with Crippen LogP contribution in [-0.2, 0) is 11.3 Å². The number of aromatic nitrogens is 1. The summed E-state index contributed by atoms with van der Waals surface area (Å²) in [6.07, 6.45) is 3.70. The molecule has 0 saturated carbocycles. The zero-order valence-electron chi connectivity index (χ0n) is 20.3. The number of fused-ring (bicyclic) bond motifs is 2. The Hall–Kier alpha value is -4.63. The number of amidine groups is 2. The highest BCUT2D eigenvalue weighted by atomic mass is 32.2. The first-order valence-corrected chi connectivity index (χ1v) is 12.9. The molecule has 1 amide bonds. The van der Waals surface area contributed by atoms with E-state index in [1.54, 1.807) is 6.08 Å². The van der Waals surface area contributed by atoms with E-state index in [9.17, 15) is 4.79 Å². The maximum Gasteiger partial charge on any atom is 0.283 e. The van der Waals surface area contributed by atoms with Crippen LogP contribution < -0.4 is 9.47 Å². The first-order valence-electron chi connectivity index (χ1n) is 12.1. The number of amides is 1. The predicted molar refractivity (Wildman–Crippen MR) is 151 cm³/mol. The number of rotatable bonds is 8. The molecule has 188 valence electrons. The van der Waals surface area contributed by atoms with Crippen molar-refractivity contribution in [3.05, 3.63) is 102 Å². The lowest BCUT2D eigenvalue weighted by Gasteiger charge is -2.20. The average Bonchev–Trinajstić information content (AvgIpc) is 3.52. The molecule has 3 aromatic carbocycles. The highest BCUT2D eigenvalue weighted by Gasteiger charge is 2.36. The van der Waals surface area contributed by atoms with Crippen molar-refractivity contribution in [1.82, 2.24) is 9.58 Å². The summed E-state index contributed by atoms with van der Waals surface area (Å²) in [6, 6.07) is 27.1. The third kappa shape index (κ3) is 4.83. The van der Waals surface area contributed by atoms with E-state index in [-0.39, 0.29) is 18.0 Å². The Morgan fingerprint density at radius 3 is 2.34 bits per heavy atom. The van der Waals surface area contributed by atoms with Crippen LogP contribution >= 0.6 is 11.8 Å². The molecular formula is C29H23N5O3S. The molecule has 2 aliphatic rings. The Morgan fingerprint density at radius 1 is 0.895 bits per heavy atom. The number of aliphatic imine (C=N–C) groups is 1. The second-order valence-corrected chi connectivity index (χ2v) is 9.61. The van der Waals surface area contributed by atoms with Crippen LogP contribution in [0.25, 0.3) is 17.0 Å². The number of hydrazone groups is 1. The number of hydrogen-bond donors (Lipinski definition) is 1. The first kappa shape index (κ1) is 23.7. The second kappa shape index (κ2) is 10.4. The number of ether oxygens (including phenoxy) is 2. The van der Waals surface area contributed by atoms with Gasteiger partial charge in [-0.1, -0.05) is 54.6 Å². The van der Waals surface area contributed by atoms with Gasteiger partial charge in [-0.3, -0.25) is 10.2 Å². The molecule has 0 radical (unpaired) electrons. The summed E-state index contributed by atoms with van der Waals surface area (Å²) in [6.45, 7) is 1.35. The maximum atomic E-state index is 13.0. The van der Waals surface area contributed by atoms with Crippen molar-refractivity contribution in [3.63, 3.8) is 0 Å². The van der Waals surface area contributed by atoms with Gasteiger partial charge in [0, 0.05) is 22.7 Å². The van der Waals surface area contributed by atoms with Gasteiger partial charge in [-0.15, -0.1) is 0 Å². The Labute approximate surface area is 223 Å². The van der Waals surface area contributed by atoms with Gasteiger partial charge in [-0.05, 0) is 48.2 Å². The van der Waals surface area contributed by atoms with Crippen molar-refractivity contribution in [2.75, 3.05) is 13.2 Å². The smallest absolute Gasteiger partial charge is 0.283 e. The minimum absolute atomic E-state index is 0.00791. The third-order valence-corrected chi connectivity index (χ3v) is 6.95. The van der Waals surface area contributed by atoms with Gasteiger partial charge in [-0.25, -0.2) is 0 Å². The maximum absolute atomic E-state index is 13.0. The van der Waals surface area contributed by atoms with Crippen LogP contribution in [0.4, 0.5) is 0 Å². The standard InChI is InChI=1S/C29H23N5O3S/c30-27-24(28(35)31-29-34(27)32-26(38-29)19-37-22-11-5-2-6-12-22)17-20-18-33(25-14-8-7-13-23(20)25)15-16-36-21-9-3-1-4-10-21/h1-14,17-18,30H,15-16,19H2. The summed E-state index contributed by atoms with van der Waals surface area (Å²) in [7, 11) is 0. The average molecular weight is 522 g/mol. The van der Waals surface area contributed by atoms with Crippen LogP contribution in [0.15, 0.2) is 107 Å². The van der Waals surface area contributed by atoms with E-state index in [4.69, 9.17) is 14.9 Å². The number of nitrogens with one attached hydrogen (secondary N) is 1. The molecule has 0 bridgehead atoms. The Balaban J connectivity index is 1.22. The zero-order chi connectivity index (χ0) is 25.9. The lowest BCUT2D eigenvalue weighted by Crippen LogP contribution is -2.35. The van der Waals surface area contributed by atoms with Gasteiger partial charge in [0.25, 0.3) is 5.91 Å². The lowest BCUT2D eigenvalue weighted by molar-refractivity contribution is -0.114. The summed E-state index contributed by atoms with van der Waals surface area (Å²) < 4.78 is 13.8. The molecule has 38 heavy (non-hydrogen) atoms. The van der Waals surface area contributed by atoms with E-state index in [1.165, 1.54) is 16.8 Å². The number of benzene rings is 3. The summed E-state index contributed by atoms with van der Waals surface area (Å²) in [5.74, 6) is 1.07. The molecule has 8 nitrogen and oxygen atoms in total. The van der Waals surface area contributed by atoms with Crippen LogP contribution in [0.1, 0.15) is 5.56 Å². The van der Waals surface area contributed by atoms with Gasteiger partial charge in [0.15, 0.2) is 5.84 Å². The van der Waals surface area contributed by atoms with Crippen LogP contribution in [0, 0.1) is 5.41 Å². The number of thioether (sulfide) groups is 1. The third-order valence-electron chi connectivity index (χ3n) is 6.07. The van der Waals surface area contributed by atoms with Crippen molar-refractivity contribution in [2.45, 2.75) is 6.54 Å². The fraction of sp³-hybridized carbons (Fsp3) is 0.103. The molecule has 4 aromatic rings. The molecule has 0 atom stereocenters. The summed E-state index contributed by atoms with van der Waals surface area (Å²) in [5, 5.41) is 16.6. The number of carbonyl (C=O) groups is 1. The molecule has 2 aliphatic heterocycles. The largest absolute Gasteiger partial charge is 0.492 e. The molecule has 0 unspecified atom stereocenters. The van der Waals surface area contributed by atoms with Crippen LogP contribution in [-0.4, -0.2) is 44.7 Å². The molecule has 6 rings (SSSR count). The number of carbonyl (C=O) groups excluding carboxylic acids is 1. The highest BCUT2D eigenvalue weighted by Crippen LogP contribution is 2.30. The summed E-state index contributed by atoms with van der Waals surface area (Å²) in [4.78, 5) is 17.2. The van der Waals surface area contributed by atoms with E-state index in [0.29, 0.717) is 23.4 Å². The van der Waals surface area contributed by atoms with Crippen LogP contribution in [0.5, 0.6) is 11.5 Å². The monoisotopic (exact) mass is 521 g/mol. The van der Waals surface area contributed by atoms with Crippen LogP contribution in [0.3, 0.4) is 0 Å². The Kier molecular flexibility index (Phi) is 6.49. The van der Waals surface area contributed by atoms with Crippen LogP contribution in [0.2, 0.25) is 0 Å². The number of nitrogens with zero attached hydrogens (tertiary/aromatic N) is 4. The van der Waals surface area contributed by atoms with Crippen molar-refractivity contribution >= 4 is 50.7 Å². The molecule has 0 spiro atoms. The minimum atomic E-state index is -0.460. The highest BCUT2D eigenvalue weighted by molar-refractivity contribution is 8.27. The first-order chi connectivity index (χ1) is 18.7. The lowest BCUT2D eigenvalue weighted by atomic mass is 10.1. The number of para-hydroxylation sites is 3. The van der Waals surface area contributed by atoms with E-state index >= 15 is 0 Å². The SMILES string of the molecule is N=C1C(=Cc2cn(CCOc3ccccc3)c3ccccc23)C(=O)N=C2SC(COc3ccccc3)=NN12. The van der Waals surface area contributed by atoms with Crippen molar-refractivity contribution in [2.24, 2.45) is 10.1 Å². The second-order valence-electron chi connectivity index (χ2n) is 8.57. The van der Waals surface area contributed by atoms with Crippen molar-refractivity contribution < 1.29 is 14.3 Å². The van der Waals surface area contributed by atoms with E-state index in [1.807, 2.05) is 91.1 Å². The van der Waals surface area contributed by atoms with Gasteiger partial charge in [0.2, 0.25) is 5.17 Å². The molecule has 0 fully saturated rings. The summed E-state index contributed by atoms with van der Waals surface area (Å²) in [5.41, 5.74) is 2.03. The van der Waals surface area contributed by atoms with Gasteiger partial charge in [0.1, 0.15) is 29.8 Å². The fourth-order valence-corrected chi connectivity index (χ4v) is 5.06. The van der Waals surface area contributed by atoms with Gasteiger partial charge in [0.05, 0.1) is 12.1 Å². The van der Waals surface area contributed by atoms with E-state index < -0.39 is 5.91 Å². The molecule has 0 saturated heterocycles. The van der Waals surface area contributed by atoms with Gasteiger partial charge >= 0.3 is 0 Å². The molecule has 3 heterocycles. The molecular weight excluding hydrogens is 498 g/mol. The van der Waals surface area contributed by atoms with E-state index in [2.05, 4.69) is 14.7 Å². The molecule has 1 N–H and O–H groups in total. The molecule has 1 aromatic heterocycles. The van der Waals surface area contributed by atoms with Crippen molar-refractivity contribution in [3.8, 4) is 11.5 Å². The molecule has 9 heteroatoms. The van der Waals surface area contributed by atoms with Gasteiger partial charge < -0.3 is 14.0 Å². The Morgan fingerprint density at radius 2 is 1.58 bits per heavy atom. The predicted octanol–water partition coefficient (Wildman–Crippen LogP) is 5.42. The fourth-order valence-electron chi connectivity index (χ4n) is 4.26. The normalized spacial score (nSPS) is 16.0. The topological polar surface area (TPSA) is 92.3 Å². The van der Waals surface area contributed by atoms with Gasteiger partial charge in [-0.2, -0.15) is 15.1 Å². The Bertz CT molecular complexity index is 1610. The molecule has 0 aliphatic carbocycles. The quantitative estimate of drug-likeness (QED) is 0.313. The zero-order valence-corrected chi connectivity index (χ0v) is 21.1. The van der Waals surface area contributed by atoms with Crippen molar-refractivity contribution in [1.29, 1.82) is 5.41 Å². The van der Waals surface area contributed by atoms with E-state index in [0.717, 1.165) is 28.0 Å². The number of hydrogen-bond acceptors (Lipinski definition) is 6. The minimum Gasteiger partial charge on any atom is -0.492 e. The summed E-state index contributed by atoms with van der Waals surface area (Å²) >= 11 is 1.24.